The molecule has 0 saturated carbocycles. The lowest BCUT2D eigenvalue weighted by Crippen LogP contribution is -2.44. The lowest BCUT2D eigenvalue weighted by Gasteiger charge is -2.13. The van der Waals surface area contributed by atoms with Gasteiger partial charge in [0, 0.05) is 25.1 Å². The van der Waals surface area contributed by atoms with Crippen LogP contribution in [0.2, 0.25) is 0 Å². The first-order valence-corrected chi connectivity index (χ1v) is 13.6. The summed E-state index contributed by atoms with van der Waals surface area (Å²) in [7, 11) is 0. The van der Waals surface area contributed by atoms with Gasteiger partial charge in [0.2, 0.25) is 23.6 Å². The maximum Gasteiger partial charge on any atom is 0.505 e. The molecule has 0 radical (unpaired) electrons. The molecule has 1 aliphatic rings. The van der Waals surface area contributed by atoms with Gasteiger partial charge in [-0.3, -0.25) is 33.7 Å². The second-order valence-electron chi connectivity index (χ2n) is 8.42. The van der Waals surface area contributed by atoms with Crippen LogP contribution in [0.15, 0.2) is 42.5 Å². The molecule has 5 N–H and O–H groups in total. The van der Waals surface area contributed by atoms with Crippen molar-refractivity contribution in [3.05, 3.63) is 48.0 Å². The summed E-state index contributed by atoms with van der Waals surface area (Å²) in [6.07, 6.45) is 2.83. The van der Waals surface area contributed by atoms with Crippen LogP contribution in [0.1, 0.15) is 45.1 Å². The Hall–Kier alpha value is -4.75. The molecule has 0 bridgehead atoms. The van der Waals surface area contributed by atoms with Gasteiger partial charge in [0.05, 0.1) is 26.2 Å². The standard InChI is InChI=1S/C19H27N5O9.C7H8.C2H6/c25-13(4-2-1-3-8-24-17(29)5-6-18(24)30)21-11-15(27)23-12-16(28)22-10-14(26)20-7-9-33-19(31)32;1-7-5-3-2-4-6-7;1-2/h5-6H,1-4,7-12H2,(H,20,26)(H,21,25)(H,22,28)(H,23,27)(H,31,32);2-6H,1H3;1-2H3. The maximum atomic E-state index is 11.7. The first kappa shape index (κ1) is 37.2. The number of nitrogens with one attached hydrogen (secondary N) is 4. The molecule has 0 aliphatic carbocycles. The second-order valence-corrected chi connectivity index (χ2v) is 8.42. The Balaban J connectivity index is 0.00000160. The SMILES string of the molecule is CC.Cc1ccccc1.O=C(CCCCCN1C(=O)C=CC1=O)NCC(=O)NCC(=O)NCC(=O)NCCOC(=O)O. The zero-order chi connectivity index (χ0) is 31.8. The smallest absolute Gasteiger partial charge is 0.450 e. The molecule has 0 fully saturated rings. The minimum absolute atomic E-state index is 0.0489. The molecule has 1 aromatic rings. The van der Waals surface area contributed by atoms with Crippen LogP contribution >= 0.6 is 0 Å². The van der Waals surface area contributed by atoms with Crippen molar-refractivity contribution in [2.24, 2.45) is 0 Å². The molecule has 0 atom stereocenters. The van der Waals surface area contributed by atoms with E-state index in [-0.39, 0.29) is 56.9 Å². The number of hydrogen-bond donors (Lipinski definition) is 5. The van der Waals surface area contributed by atoms with E-state index in [0.717, 1.165) is 4.90 Å². The van der Waals surface area contributed by atoms with Crippen molar-refractivity contribution in [1.82, 2.24) is 26.2 Å². The minimum Gasteiger partial charge on any atom is -0.450 e. The van der Waals surface area contributed by atoms with Gasteiger partial charge in [0.1, 0.15) is 6.61 Å². The van der Waals surface area contributed by atoms with E-state index in [4.69, 9.17) is 5.11 Å². The highest BCUT2D eigenvalue weighted by atomic mass is 16.7. The van der Waals surface area contributed by atoms with Crippen molar-refractivity contribution in [3.8, 4) is 0 Å². The molecule has 0 unspecified atom stereocenters. The molecule has 232 valence electrons. The normalized spacial score (nSPS) is 11.3. The summed E-state index contributed by atoms with van der Waals surface area (Å²) in [4.78, 5) is 80.5. The number of imide groups is 1. The Bertz CT molecular complexity index is 1040. The van der Waals surface area contributed by atoms with E-state index in [1.165, 1.54) is 17.7 Å². The lowest BCUT2D eigenvalue weighted by atomic mass is 10.2. The number of benzene rings is 1. The highest BCUT2D eigenvalue weighted by molar-refractivity contribution is 6.12. The van der Waals surface area contributed by atoms with Gasteiger partial charge < -0.3 is 31.1 Å². The number of carbonyl (C=O) groups is 7. The second kappa shape index (κ2) is 23.0. The number of rotatable bonds is 15. The van der Waals surface area contributed by atoms with Crippen LogP contribution in [-0.4, -0.2) is 90.9 Å². The van der Waals surface area contributed by atoms with E-state index in [0.29, 0.717) is 19.3 Å². The lowest BCUT2D eigenvalue weighted by molar-refractivity contribution is -0.137. The van der Waals surface area contributed by atoms with Gasteiger partial charge in [-0.1, -0.05) is 56.2 Å². The molecule has 14 nitrogen and oxygen atoms in total. The van der Waals surface area contributed by atoms with E-state index in [1.54, 1.807) is 0 Å². The predicted molar refractivity (Wildman–Crippen MR) is 153 cm³/mol. The van der Waals surface area contributed by atoms with Gasteiger partial charge in [-0.2, -0.15) is 0 Å². The molecule has 0 spiro atoms. The molecule has 14 heteroatoms. The van der Waals surface area contributed by atoms with Gasteiger partial charge in [-0.15, -0.1) is 0 Å². The molecule has 2 rings (SSSR count). The van der Waals surface area contributed by atoms with E-state index < -0.39 is 30.4 Å². The van der Waals surface area contributed by atoms with Gasteiger partial charge in [-0.25, -0.2) is 4.79 Å². The van der Waals surface area contributed by atoms with Gasteiger partial charge in [0.25, 0.3) is 11.8 Å². The largest absolute Gasteiger partial charge is 0.505 e. The van der Waals surface area contributed by atoms with Gasteiger partial charge >= 0.3 is 6.16 Å². The quantitative estimate of drug-likeness (QED) is 0.110. The monoisotopic (exact) mass is 591 g/mol. The third-order valence-corrected chi connectivity index (χ3v) is 5.11. The number of amides is 6. The average molecular weight is 592 g/mol. The average Bonchev–Trinajstić information content (AvgIpc) is 3.30. The zero-order valence-electron chi connectivity index (χ0n) is 24.3. The van der Waals surface area contributed by atoms with Gasteiger partial charge in [-0.05, 0) is 19.8 Å². The summed E-state index contributed by atoms with van der Waals surface area (Å²) >= 11 is 0. The van der Waals surface area contributed by atoms with Crippen LogP contribution in [0.3, 0.4) is 0 Å². The van der Waals surface area contributed by atoms with Crippen LogP contribution < -0.4 is 21.3 Å². The number of ether oxygens (including phenoxy) is 1. The molecular weight excluding hydrogens is 550 g/mol. The number of aryl methyl sites for hydroxylation is 1. The molecule has 1 heterocycles. The first-order chi connectivity index (χ1) is 20.1. The third-order valence-electron chi connectivity index (χ3n) is 5.11. The van der Waals surface area contributed by atoms with Crippen LogP contribution in [0.25, 0.3) is 0 Å². The Morgan fingerprint density at radius 1 is 0.738 bits per heavy atom. The number of nitrogens with zero attached hydrogens (tertiary/aromatic N) is 1. The van der Waals surface area contributed by atoms with Crippen LogP contribution in [0.5, 0.6) is 0 Å². The summed E-state index contributed by atoms with van der Waals surface area (Å²) in [5, 5.41) is 17.5. The van der Waals surface area contributed by atoms with E-state index in [1.807, 2.05) is 32.0 Å². The molecule has 6 amide bonds. The first-order valence-electron chi connectivity index (χ1n) is 13.6. The van der Waals surface area contributed by atoms with Crippen LogP contribution in [-0.2, 0) is 33.5 Å². The van der Waals surface area contributed by atoms with E-state index in [2.05, 4.69) is 45.1 Å². The molecular formula is C28H41N5O9. The number of hydrogen-bond acceptors (Lipinski definition) is 8. The summed E-state index contributed by atoms with van der Waals surface area (Å²) in [6.45, 7) is 5.01. The Kier molecular flexibility index (Phi) is 20.4. The summed E-state index contributed by atoms with van der Waals surface area (Å²) < 4.78 is 4.19. The zero-order valence-corrected chi connectivity index (χ0v) is 24.3. The highest BCUT2D eigenvalue weighted by Crippen LogP contribution is 2.07. The number of carboxylic acid groups (broad SMARTS) is 1. The predicted octanol–water partition coefficient (Wildman–Crippen LogP) is 0.652. The van der Waals surface area contributed by atoms with Crippen molar-refractivity contribution in [2.75, 3.05) is 39.3 Å². The summed E-state index contributed by atoms with van der Waals surface area (Å²) in [5.74, 6) is -2.82. The third kappa shape index (κ3) is 19.3. The molecule has 1 aliphatic heterocycles. The fraction of sp³-hybridized carbons (Fsp3) is 0.464. The van der Waals surface area contributed by atoms with Crippen LogP contribution in [0, 0.1) is 6.92 Å². The Morgan fingerprint density at radius 3 is 1.71 bits per heavy atom. The van der Waals surface area contributed by atoms with Crippen molar-refractivity contribution in [1.29, 1.82) is 0 Å². The Morgan fingerprint density at radius 2 is 1.24 bits per heavy atom. The van der Waals surface area contributed by atoms with Crippen molar-refractivity contribution in [2.45, 2.75) is 46.5 Å². The summed E-state index contributed by atoms with van der Waals surface area (Å²) in [5.41, 5.74) is 1.32. The summed E-state index contributed by atoms with van der Waals surface area (Å²) in [6, 6.07) is 10.3. The molecule has 0 aromatic heterocycles. The number of unbranched alkanes of at least 4 members (excludes halogenated alkanes) is 2. The molecule has 1 aromatic carbocycles. The molecule has 42 heavy (non-hydrogen) atoms. The van der Waals surface area contributed by atoms with E-state index >= 15 is 0 Å². The maximum absolute atomic E-state index is 11.7. The van der Waals surface area contributed by atoms with Crippen molar-refractivity contribution >= 4 is 41.6 Å². The Labute approximate surface area is 245 Å². The fourth-order valence-corrected chi connectivity index (χ4v) is 3.06. The van der Waals surface area contributed by atoms with E-state index in [9.17, 15) is 33.6 Å². The van der Waals surface area contributed by atoms with Crippen LogP contribution in [0.4, 0.5) is 4.79 Å². The molecule has 0 saturated heterocycles. The fourth-order valence-electron chi connectivity index (χ4n) is 3.06. The highest BCUT2D eigenvalue weighted by Gasteiger charge is 2.22. The van der Waals surface area contributed by atoms with Crippen molar-refractivity contribution in [3.63, 3.8) is 0 Å². The number of carbonyl (C=O) groups excluding carboxylic acids is 6. The minimum atomic E-state index is -1.46. The topological polar surface area (TPSA) is 200 Å². The van der Waals surface area contributed by atoms with Gasteiger partial charge in [0.15, 0.2) is 0 Å². The van der Waals surface area contributed by atoms with Crippen molar-refractivity contribution < 1.29 is 43.4 Å².